The number of nitrogens with zero attached hydrogens (tertiary/aromatic N) is 1. The summed E-state index contributed by atoms with van der Waals surface area (Å²) in [5, 5.41) is 0. The molecule has 1 unspecified atom stereocenters. The van der Waals surface area contributed by atoms with E-state index in [1.54, 1.807) is 6.92 Å². The lowest BCUT2D eigenvalue weighted by Gasteiger charge is -2.35. The van der Waals surface area contributed by atoms with E-state index in [1.807, 2.05) is 61.5 Å². The van der Waals surface area contributed by atoms with E-state index in [0.29, 0.717) is 30.1 Å². The zero-order valence-corrected chi connectivity index (χ0v) is 18.0. The largest absolute Gasteiger partial charge is 0.489 e. The number of para-hydroxylation sites is 1. The number of ether oxygens (including phenoxy) is 2. The molecule has 1 aliphatic carbocycles. The highest BCUT2D eigenvalue weighted by Gasteiger charge is 2.44. The van der Waals surface area contributed by atoms with Crippen molar-refractivity contribution in [3.05, 3.63) is 77.0 Å². The summed E-state index contributed by atoms with van der Waals surface area (Å²) in [6, 6.07) is 17.6. The lowest BCUT2D eigenvalue weighted by Crippen LogP contribution is -2.37. The fourth-order valence-corrected chi connectivity index (χ4v) is 4.48. The van der Waals surface area contributed by atoms with Crippen molar-refractivity contribution in [3.8, 4) is 5.75 Å². The first kappa shape index (κ1) is 21.0. The molecular formula is C26H27NO4. The maximum atomic E-state index is 13.0. The Hall–Kier alpha value is -3.21. The van der Waals surface area contributed by atoms with Crippen molar-refractivity contribution in [3.63, 3.8) is 0 Å². The molecule has 0 amide bonds. The van der Waals surface area contributed by atoms with Gasteiger partial charge in [-0.3, -0.25) is 14.6 Å². The molecule has 0 radical (unpaired) electrons. The number of allylic oxidation sites excluding steroid dienone is 2. The fraction of sp³-hybridized carbons (Fsp3) is 0.346. The predicted molar refractivity (Wildman–Crippen MR) is 119 cm³/mol. The van der Waals surface area contributed by atoms with Crippen molar-refractivity contribution in [1.82, 2.24) is 0 Å². The minimum atomic E-state index is -0.637. The first-order valence-electron chi connectivity index (χ1n) is 10.8. The first-order chi connectivity index (χ1) is 15.1. The molecule has 4 rings (SSSR count). The van der Waals surface area contributed by atoms with Crippen LogP contribution in [-0.4, -0.2) is 24.1 Å². The molecule has 0 spiro atoms. The van der Waals surface area contributed by atoms with Crippen LogP contribution in [0, 0.1) is 5.92 Å². The Balaban J connectivity index is 1.77. The Morgan fingerprint density at radius 2 is 1.81 bits per heavy atom. The minimum absolute atomic E-state index is 0.0645. The number of ketones is 1. The number of hydrogen-bond donors (Lipinski definition) is 0. The van der Waals surface area contributed by atoms with Gasteiger partial charge in [0.1, 0.15) is 18.3 Å². The molecule has 0 aromatic heterocycles. The molecule has 5 nitrogen and oxygen atoms in total. The second-order valence-corrected chi connectivity index (χ2v) is 7.91. The number of hydrogen-bond acceptors (Lipinski definition) is 5. The van der Waals surface area contributed by atoms with Crippen LogP contribution in [0.25, 0.3) is 0 Å². The summed E-state index contributed by atoms with van der Waals surface area (Å²) < 4.78 is 11.6. The van der Waals surface area contributed by atoms with Crippen LogP contribution in [0.5, 0.6) is 5.75 Å². The van der Waals surface area contributed by atoms with Gasteiger partial charge < -0.3 is 9.47 Å². The van der Waals surface area contributed by atoms with Gasteiger partial charge in [-0.05, 0) is 38.3 Å². The van der Waals surface area contributed by atoms with Crippen LogP contribution in [0.2, 0.25) is 0 Å². The average Bonchev–Trinajstić information content (AvgIpc) is 2.78. The van der Waals surface area contributed by atoms with Crippen LogP contribution in [0.15, 0.2) is 70.9 Å². The Bertz CT molecular complexity index is 1040. The van der Waals surface area contributed by atoms with E-state index in [2.05, 4.69) is 4.99 Å². The third-order valence-corrected chi connectivity index (χ3v) is 5.87. The standard InChI is InChI=1S/C26H27NO4/c1-3-30-26(29)23-17(2)27-20-13-9-14-21(28)25(20)24(23)19-12-7-8-15-22(19)31-16-18-10-5-4-6-11-18/h4-8,10-12,15,23-24H,3,9,13-14,16H2,1-2H3/t23?,24-/m1/s1. The minimum Gasteiger partial charge on any atom is -0.489 e. The van der Waals surface area contributed by atoms with Crippen molar-refractivity contribution in [1.29, 1.82) is 0 Å². The van der Waals surface area contributed by atoms with E-state index < -0.39 is 11.8 Å². The van der Waals surface area contributed by atoms with Gasteiger partial charge in [-0.1, -0.05) is 48.5 Å². The fourth-order valence-electron chi connectivity index (χ4n) is 4.48. The van der Waals surface area contributed by atoms with E-state index in [0.717, 1.165) is 29.7 Å². The Morgan fingerprint density at radius 1 is 1.06 bits per heavy atom. The van der Waals surface area contributed by atoms with Crippen molar-refractivity contribution < 1.29 is 19.1 Å². The number of benzene rings is 2. The zero-order valence-electron chi connectivity index (χ0n) is 18.0. The van der Waals surface area contributed by atoms with Gasteiger partial charge in [-0.25, -0.2) is 0 Å². The van der Waals surface area contributed by atoms with Gasteiger partial charge in [-0.15, -0.1) is 0 Å². The Kier molecular flexibility index (Phi) is 6.31. The number of rotatable bonds is 6. The quantitative estimate of drug-likeness (QED) is 0.620. The van der Waals surface area contributed by atoms with Crippen LogP contribution in [0.3, 0.4) is 0 Å². The second-order valence-electron chi connectivity index (χ2n) is 7.91. The summed E-state index contributed by atoms with van der Waals surface area (Å²) in [6.45, 7) is 4.32. The molecule has 1 aliphatic heterocycles. The van der Waals surface area contributed by atoms with Gasteiger partial charge in [0.2, 0.25) is 0 Å². The first-order valence-corrected chi connectivity index (χ1v) is 10.8. The maximum Gasteiger partial charge on any atom is 0.315 e. The molecule has 0 bridgehead atoms. The molecule has 0 fully saturated rings. The summed E-state index contributed by atoms with van der Waals surface area (Å²) in [7, 11) is 0. The smallest absolute Gasteiger partial charge is 0.315 e. The van der Waals surface area contributed by atoms with E-state index in [1.165, 1.54) is 0 Å². The monoisotopic (exact) mass is 417 g/mol. The number of Topliss-reactive ketones (excluding diaryl/α,β-unsaturated/α-hetero) is 1. The summed E-state index contributed by atoms with van der Waals surface area (Å²) >= 11 is 0. The van der Waals surface area contributed by atoms with Crippen molar-refractivity contribution in [2.24, 2.45) is 10.9 Å². The van der Waals surface area contributed by atoms with Crippen LogP contribution >= 0.6 is 0 Å². The van der Waals surface area contributed by atoms with E-state index in [9.17, 15) is 9.59 Å². The molecule has 2 aromatic rings. The molecule has 2 atom stereocenters. The Morgan fingerprint density at radius 3 is 2.58 bits per heavy atom. The molecular weight excluding hydrogens is 390 g/mol. The molecule has 160 valence electrons. The average molecular weight is 418 g/mol. The van der Waals surface area contributed by atoms with Gasteiger partial charge in [0.15, 0.2) is 5.78 Å². The highest BCUT2D eigenvalue weighted by atomic mass is 16.5. The SMILES string of the molecule is CCOC(=O)C1C(C)=NC2=C(C(=O)CCC2)[C@@H]1c1ccccc1OCc1ccccc1. The summed E-state index contributed by atoms with van der Waals surface area (Å²) in [5.74, 6) is -0.703. The molecule has 0 saturated heterocycles. The zero-order chi connectivity index (χ0) is 21.8. The number of carbonyl (C=O) groups excluding carboxylic acids is 2. The Labute approximate surface area is 182 Å². The van der Waals surface area contributed by atoms with Gasteiger partial charge in [0.05, 0.1) is 6.61 Å². The van der Waals surface area contributed by atoms with Crippen LogP contribution < -0.4 is 4.74 Å². The number of carbonyl (C=O) groups is 2. The highest BCUT2D eigenvalue weighted by molar-refractivity contribution is 6.09. The second kappa shape index (κ2) is 9.29. The molecule has 0 N–H and O–H groups in total. The highest BCUT2D eigenvalue weighted by Crippen LogP contribution is 2.46. The molecule has 31 heavy (non-hydrogen) atoms. The van der Waals surface area contributed by atoms with Crippen molar-refractivity contribution >= 4 is 17.5 Å². The normalized spacial score (nSPS) is 20.7. The topological polar surface area (TPSA) is 65.0 Å². The predicted octanol–water partition coefficient (Wildman–Crippen LogP) is 5.01. The lowest BCUT2D eigenvalue weighted by molar-refractivity contribution is -0.146. The van der Waals surface area contributed by atoms with Gasteiger partial charge in [0, 0.05) is 34.9 Å². The third kappa shape index (κ3) is 4.31. The van der Waals surface area contributed by atoms with Gasteiger partial charge in [-0.2, -0.15) is 0 Å². The van der Waals surface area contributed by atoms with Crippen molar-refractivity contribution in [2.45, 2.75) is 45.6 Å². The molecule has 2 aromatic carbocycles. The van der Waals surface area contributed by atoms with Crippen LogP contribution in [0.4, 0.5) is 0 Å². The maximum absolute atomic E-state index is 13.0. The van der Waals surface area contributed by atoms with E-state index >= 15 is 0 Å². The molecule has 1 heterocycles. The summed E-state index contributed by atoms with van der Waals surface area (Å²) in [4.78, 5) is 30.7. The summed E-state index contributed by atoms with van der Waals surface area (Å²) in [6.07, 6.45) is 2.02. The lowest BCUT2D eigenvalue weighted by atomic mass is 9.71. The van der Waals surface area contributed by atoms with Gasteiger partial charge in [0.25, 0.3) is 0 Å². The van der Waals surface area contributed by atoms with E-state index in [-0.39, 0.29) is 18.4 Å². The molecule has 5 heteroatoms. The van der Waals surface area contributed by atoms with Crippen molar-refractivity contribution in [2.75, 3.05) is 6.61 Å². The molecule has 0 saturated carbocycles. The third-order valence-electron chi connectivity index (χ3n) is 5.87. The number of aliphatic imine (C=N–C) groups is 1. The summed E-state index contributed by atoms with van der Waals surface area (Å²) in [5.41, 5.74) is 4.01. The number of esters is 1. The van der Waals surface area contributed by atoms with Crippen LogP contribution in [0.1, 0.15) is 50.2 Å². The van der Waals surface area contributed by atoms with Gasteiger partial charge >= 0.3 is 5.97 Å². The van der Waals surface area contributed by atoms with Crippen LogP contribution in [-0.2, 0) is 20.9 Å². The molecule has 2 aliphatic rings. The van der Waals surface area contributed by atoms with E-state index in [4.69, 9.17) is 9.47 Å².